The van der Waals surface area contributed by atoms with E-state index in [4.69, 9.17) is 0 Å². The minimum absolute atomic E-state index is 0.173. The number of carbonyl (C=O) groups is 1. The average Bonchev–Trinajstić information content (AvgIpc) is 2.04. The van der Waals surface area contributed by atoms with Gasteiger partial charge in [0, 0.05) is 11.0 Å². The van der Waals surface area contributed by atoms with Crippen molar-refractivity contribution in [1.29, 1.82) is 0 Å². The number of hydrogen-bond acceptors (Lipinski definition) is 2. The summed E-state index contributed by atoms with van der Waals surface area (Å²) < 4.78 is 12.4. The molecule has 0 radical (unpaired) electrons. The second-order valence-corrected chi connectivity index (χ2v) is 3.49. The fraction of sp³-hybridized carbons (Fsp3) is 0.375. The van der Waals surface area contributed by atoms with Crippen molar-refractivity contribution < 1.29 is 9.18 Å². The number of allylic oxidation sites excluding steroid dienone is 3. The van der Waals surface area contributed by atoms with E-state index in [-0.39, 0.29) is 11.1 Å². The maximum absolute atomic E-state index is 12.4. The lowest BCUT2D eigenvalue weighted by molar-refractivity contribution is -0.105. The fourth-order valence-electron chi connectivity index (χ4n) is 0.861. The van der Waals surface area contributed by atoms with Gasteiger partial charge in [0.05, 0.1) is 0 Å². The van der Waals surface area contributed by atoms with Gasteiger partial charge >= 0.3 is 0 Å². The van der Waals surface area contributed by atoms with Crippen molar-refractivity contribution in [3.8, 4) is 0 Å². The Morgan fingerprint density at radius 3 is 3.18 bits per heavy atom. The number of hydrogen-bond donors (Lipinski definition) is 0. The monoisotopic (exact) mass is 172 g/mol. The van der Waals surface area contributed by atoms with Crippen molar-refractivity contribution in [1.82, 2.24) is 0 Å². The summed E-state index contributed by atoms with van der Waals surface area (Å²) in [4.78, 5) is 9.98. The first-order valence-corrected chi connectivity index (χ1v) is 4.47. The number of carbonyl (C=O) groups excluding carboxylic acids is 1. The highest BCUT2D eigenvalue weighted by Crippen LogP contribution is 2.21. The first-order valence-electron chi connectivity index (χ1n) is 3.42. The summed E-state index contributed by atoms with van der Waals surface area (Å²) in [5, 5.41) is 0.277. The molecule has 1 aliphatic carbocycles. The van der Waals surface area contributed by atoms with Gasteiger partial charge in [-0.2, -0.15) is 0 Å². The molecule has 0 aliphatic heterocycles. The van der Waals surface area contributed by atoms with Crippen LogP contribution in [0.15, 0.2) is 24.1 Å². The molecule has 1 atom stereocenters. The van der Waals surface area contributed by atoms with E-state index in [0.717, 1.165) is 6.29 Å². The van der Waals surface area contributed by atoms with Gasteiger partial charge in [-0.25, -0.2) is 4.39 Å². The van der Waals surface area contributed by atoms with Gasteiger partial charge in [0.25, 0.3) is 0 Å². The molecule has 0 spiro atoms. The predicted octanol–water partition coefficient (Wildman–Crippen LogP) is 2.10. The van der Waals surface area contributed by atoms with Crippen LogP contribution in [0.25, 0.3) is 0 Å². The summed E-state index contributed by atoms with van der Waals surface area (Å²) in [7, 11) is 0. The van der Waals surface area contributed by atoms with Crippen LogP contribution in [0.2, 0.25) is 0 Å². The predicted molar refractivity (Wildman–Crippen MR) is 45.3 cm³/mol. The molecule has 3 heteroatoms. The Kier molecular flexibility index (Phi) is 3.36. The minimum atomic E-state index is -0.173. The summed E-state index contributed by atoms with van der Waals surface area (Å²) in [6, 6.07) is 0. The van der Waals surface area contributed by atoms with Crippen LogP contribution in [0.1, 0.15) is 6.42 Å². The maximum Gasteiger partial charge on any atom is 0.129 e. The smallest absolute Gasteiger partial charge is 0.129 e. The lowest BCUT2D eigenvalue weighted by Crippen LogP contribution is -2.01. The largest absolute Gasteiger partial charge is 0.302 e. The first kappa shape index (κ1) is 8.53. The minimum Gasteiger partial charge on any atom is -0.302 e. The van der Waals surface area contributed by atoms with Crippen molar-refractivity contribution >= 4 is 18.0 Å². The van der Waals surface area contributed by atoms with Crippen LogP contribution in [-0.4, -0.2) is 17.3 Å². The third-order valence-corrected chi connectivity index (χ3v) is 2.50. The number of rotatable bonds is 3. The molecular formula is C8H9FOS. The molecule has 0 unspecified atom stereocenters. The quantitative estimate of drug-likeness (QED) is 0.606. The van der Waals surface area contributed by atoms with Crippen molar-refractivity contribution in [2.75, 3.05) is 5.75 Å². The Morgan fingerprint density at radius 1 is 1.82 bits per heavy atom. The van der Waals surface area contributed by atoms with Gasteiger partial charge in [-0.3, -0.25) is 0 Å². The Balaban J connectivity index is 2.31. The number of thioether (sulfide) groups is 1. The topological polar surface area (TPSA) is 17.1 Å². The Morgan fingerprint density at radius 2 is 2.64 bits per heavy atom. The number of halogens is 1. The van der Waals surface area contributed by atoms with E-state index >= 15 is 0 Å². The Bertz CT molecular complexity index is 198. The molecule has 0 saturated carbocycles. The van der Waals surface area contributed by atoms with Crippen LogP contribution < -0.4 is 0 Å². The summed E-state index contributed by atoms with van der Waals surface area (Å²) in [5.41, 5.74) is 0. The van der Waals surface area contributed by atoms with Crippen molar-refractivity contribution in [2.45, 2.75) is 11.7 Å². The highest BCUT2D eigenvalue weighted by molar-refractivity contribution is 8.00. The summed E-state index contributed by atoms with van der Waals surface area (Å²) in [5.74, 6) is 0.317. The Hall–Kier alpha value is -0.570. The third kappa shape index (κ3) is 2.89. The van der Waals surface area contributed by atoms with Gasteiger partial charge in [-0.05, 0) is 18.6 Å². The molecule has 0 saturated heterocycles. The molecular weight excluding hydrogens is 163 g/mol. The molecule has 0 N–H and O–H groups in total. The SMILES string of the molecule is O=CCS[C@H]1C=CC(F)=CC1. The summed E-state index contributed by atoms with van der Waals surface area (Å²) in [6.45, 7) is 0. The van der Waals surface area contributed by atoms with E-state index in [1.807, 2.05) is 0 Å². The number of aldehydes is 1. The van der Waals surface area contributed by atoms with Crippen molar-refractivity contribution in [3.63, 3.8) is 0 Å². The second kappa shape index (κ2) is 4.34. The van der Waals surface area contributed by atoms with Gasteiger partial charge in [0.15, 0.2) is 0 Å². The standard InChI is InChI=1S/C8H9FOS/c9-7-1-3-8(4-2-7)11-6-5-10/h1-3,5,8H,4,6H2/t8-/m0/s1. The van der Waals surface area contributed by atoms with E-state index < -0.39 is 0 Å². The van der Waals surface area contributed by atoms with Crippen molar-refractivity contribution in [3.05, 3.63) is 24.1 Å². The average molecular weight is 172 g/mol. The molecule has 0 fully saturated rings. The van der Waals surface area contributed by atoms with E-state index in [1.165, 1.54) is 17.8 Å². The second-order valence-electron chi connectivity index (χ2n) is 2.22. The van der Waals surface area contributed by atoms with E-state index in [9.17, 15) is 9.18 Å². The molecule has 1 aliphatic rings. The first-order chi connectivity index (χ1) is 5.33. The molecule has 60 valence electrons. The van der Waals surface area contributed by atoms with E-state index in [0.29, 0.717) is 12.2 Å². The molecule has 0 aromatic carbocycles. The van der Waals surface area contributed by atoms with Gasteiger partial charge in [-0.1, -0.05) is 6.08 Å². The molecule has 1 nitrogen and oxygen atoms in total. The lowest BCUT2D eigenvalue weighted by atomic mass is 10.2. The third-order valence-electron chi connectivity index (χ3n) is 1.39. The van der Waals surface area contributed by atoms with Crippen LogP contribution in [0.4, 0.5) is 4.39 Å². The zero-order chi connectivity index (χ0) is 8.10. The molecule has 0 aromatic rings. The van der Waals surface area contributed by atoms with Crippen LogP contribution >= 0.6 is 11.8 Å². The zero-order valence-electron chi connectivity index (χ0n) is 6.00. The molecule has 1 rings (SSSR count). The maximum atomic E-state index is 12.4. The fourth-order valence-corrected chi connectivity index (χ4v) is 1.61. The Labute approximate surface area is 69.4 Å². The van der Waals surface area contributed by atoms with E-state index in [2.05, 4.69) is 0 Å². The lowest BCUT2D eigenvalue weighted by Gasteiger charge is -2.10. The molecule has 0 aromatic heterocycles. The molecule has 0 amide bonds. The van der Waals surface area contributed by atoms with Gasteiger partial charge in [0.1, 0.15) is 12.1 Å². The van der Waals surface area contributed by atoms with Gasteiger partial charge in [0.2, 0.25) is 0 Å². The highest BCUT2D eigenvalue weighted by atomic mass is 32.2. The van der Waals surface area contributed by atoms with Crippen molar-refractivity contribution in [2.24, 2.45) is 0 Å². The highest BCUT2D eigenvalue weighted by Gasteiger charge is 2.07. The van der Waals surface area contributed by atoms with Crippen LogP contribution in [0.5, 0.6) is 0 Å². The normalized spacial score (nSPS) is 23.0. The van der Waals surface area contributed by atoms with Crippen LogP contribution in [0, 0.1) is 0 Å². The molecule has 11 heavy (non-hydrogen) atoms. The molecule has 0 bridgehead atoms. The summed E-state index contributed by atoms with van der Waals surface area (Å²) in [6.07, 6.45) is 6.35. The van der Waals surface area contributed by atoms with Crippen LogP contribution in [0.3, 0.4) is 0 Å². The van der Waals surface area contributed by atoms with E-state index in [1.54, 1.807) is 12.2 Å². The molecule has 0 heterocycles. The summed E-state index contributed by atoms with van der Waals surface area (Å²) >= 11 is 1.53. The van der Waals surface area contributed by atoms with Crippen LogP contribution in [-0.2, 0) is 4.79 Å². The van der Waals surface area contributed by atoms with Gasteiger partial charge in [-0.15, -0.1) is 11.8 Å². The van der Waals surface area contributed by atoms with Gasteiger partial charge < -0.3 is 4.79 Å². The zero-order valence-corrected chi connectivity index (χ0v) is 6.81.